The molecule has 1 amide bonds. The van der Waals surface area contributed by atoms with E-state index in [1.807, 2.05) is 0 Å². The van der Waals surface area contributed by atoms with Crippen LogP contribution in [0.2, 0.25) is 20.1 Å². The summed E-state index contributed by atoms with van der Waals surface area (Å²) in [6.07, 6.45) is 1.34. The van der Waals surface area contributed by atoms with Crippen LogP contribution in [0.3, 0.4) is 0 Å². The van der Waals surface area contributed by atoms with E-state index in [4.69, 9.17) is 55.6 Å². The van der Waals surface area contributed by atoms with Crippen molar-refractivity contribution in [3.05, 3.63) is 106 Å². The number of carbonyl (C=O) groups is 1. The molecule has 0 bridgehead atoms. The van der Waals surface area contributed by atoms with Crippen LogP contribution in [0.5, 0.6) is 5.75 Å². The SMILES string of the molecule is COc1ccnc2c(=O)n([C@@H](C)C(=O)NC(C)=C(c3cc(Cl)cc(Cl)c3)c3cc(Cl)cc(Cl)c3)c(=O)oc12. The van der Waals surface area contributed by atoms with Gasteiger partial charge in [-0.3, -0.25) is 9.59 Å². The van der Waals surface area contributed by atoms with Crippen LogP contribution < -0.4 is 21.4 Å². The van der Waals surface area contributed by atoms with E-state index in [2.05, 4.69) is 10.3 Å². The second-order valence-corrected chi connectivity index (χ2v) is 9.96. The average Bonchev–Trinajstić information content (AvgIpc) is 2.82. The highest BCUT2D eigenvalue weighted by Crippen LogP contribution is 2.33. The van der Waals surface area contributed by atoms with Gasteiger partial charge in [0.15, 0.2) is 11.3 Å². The summed E-state index contributed by atoms with van der Waals surface area (Å²) in [4.78, 5) is 43.2. The molecular formula is C26H19Cl4N3O5. The molecule has 0 aliphatic rings. The summed E-state index contributed by atoms with van der Waals surface area (Å²) >= 11 is 25.0. The molecule has 1 atom stereocenters. The summed E-state index contributed by atoms with van der Waals surface area (Å²) in [6, 6.07) is 9.98. The number of aromatic nitrogens is 2. The lowest BCUT2D eigenvalue weighted by Gasteiger charge is -2.18. The van der Waals surface area contributed by atoms with E-state index in [9.17, 15) is 14.4 Å². The highest BCUT2D eigenvalue weighted by molar-refractivity contribution is 6.35. The second kappa shape index (κ2) is 11.2. The van der Waals surface area contributed by atoms with Gasteiger partial charge in [-0.15, -0.1) is 0 Å². The van der Waals surface area contributed by atoms with Crippen LogP contribution in [-0.2, 0) is 4.79 Å². The van der Waals surface area contributed by atoms with Crippen LogP contribution in [0.15, 0.2) is 68.4 Å². The van der Waals surface area contributed by atoms with Crippen LogP contribution in [0.1, 0.15) is 31.0 Å². The molecule has 38 heavy (non-hydrogen) atoms. The Bertz CT molecular complexity index is 1630. The molecule has 0 radical (unpaired) electrons. The molecule has 12 heteroatoms. The highest BCUT2D eigenvalue weighted by atomic mass is 35.5. The van der Waals surface area contributed by atoms with Crippen molar-refractivity contribution in [1.29, 1.82) is 0 Å². The lowest BCUT2D eigenvalue weighted by atomic mass is 9.96. The second-order valence-electron chi connectivity index (χ2n) is 8.22. The van der Waals surface area contributed by atoms with Crippen molar-refractivity contribution in [3.63, 3.8) is 0 Å². The van der Waals surface area contributed by atoms with Gasteiger partial charge in [0.2, 0.25) is 11.5 Å². The molecule has 0 fully saturated rings. The minimum atomic E-state index is -1.27. The number of methoxy groups -OCH3 is 1. The number of amides is 1. The predicted octanol–water partition coefficient (Wildman–Crippen LogP) is 6.13. The number of allylic oxidation sites excluding steroid dienone is 1. The lowest BCUT2D eigenvalue weighted by Crippen LogP contribution is -2.42. The van der Waals surface area contributed by atoms with Crippen LogP contribution in [-0.4, -0.2) is 22.6 Å². The number of pyridine rings is 1. The maximum atomic E-state index is 13.3. The number of hydrogen-bond acceptors (Lipinski definition) is 6. The molecule has 0 aliphatic carbocycles. The van der Waals surface area contributed by atoms with Crippen LogP contribution >= 0.6 is 46.4 Å². The number of fused-ring (bicyclic) bond motifs is 1. The van der Waals surface area contributed by atoms with Gasteiger partial charge in [-0.05, 0) is 61.4 Å². The van der Waals surface area contributed by atoms with E-state index in [0.29, 0.717) is 47.1 Å². The number of carbonyl (C=O) groups excluding carboxylic acids is 1. The summed E-state index contributed by atoms with van der Waals surface area (Å²) in [7, 11) is 1.36. The Morgan fingerprint density at radius 1 is 0.974 bits per heavy atom. The third-order valence-corrected chi connectivity index (χ3v) is 6.52. The van der Waals surface area contributed by atoms with Gasteiger partial charge in [-0.1, -0.05) is 46.4 Å². The molecule has 196 valence electrons. The standard InChI is InChI=1S/C26H19Cl4N3O5/c1-12(21(14-6-16(27)10-17(28)7-14)15-8-18(29)11-19(30)9-15)32-24(34)13(2)33-25(35)22-23(38-26(33)36)20(37-3)4-5-31-22/h4-11,13H,1-3H3,(H,32,34)/t13-/m0/s1. The molecule has 0 aliphatic heterocycles. The first-order valence-corrected chi connectivity index (χ1v) is 12.5. The summed E-state index contributed by atoms with van der Waals surface area (Å²) < 4.78 is 11.1. The Balaban J connectivity index is 1.81. The Morgan fingerprint density at radius 2 is 1.50 bits per heavy atom. The lowest BCUT2D eigenvalue weighted by molar-refractivity contribution is -0.123. The Kier molecular flexibility index (Phi) is 8.18. The minimum absolute atomic E-state index is 0.108. The molecular weight excluding hydrogens is 576 g/mol. The zero-order valence-corrected chi connectivity index (χ0v) is 23.2. The van der Waals surface area contributed by atoms with Crippen molar-refractivity contribution in [2.45, 2.75) is 19.9 Å². The van der Waals surface area contributed by atoms with Crippen molar-refractivity contribution < 1.29 is 13.9 Å². The minimum Gasteiger partial charge on any atom is -0.493 e. The molecule has 0 spiro atoms. The maximum Gasteiger partial charge on any atom is 0.423 e. The third-order valence-electron chi connectivity index (χ3n) is 5.65. The number of rotatable bonds is 6. The van der Waals surface area contributed by atoms with Gasteiger partial charge < -0.3 is 14.5 Å². The van der Waals surface area contributed by atoms with E-state index in [1.54, 1.807) is 43.3 Å². The number of halogens is 4. The molecule has 2 aromatic carbocycles. The molecule has 0 unspecified atom stereocenters. The van der Waals surface area contributed by atoms with Crippen molar-refractivity contribution in [3.8, 4) is 5.75 Å². The normalized spacial score (nSPS) is 11.8. The topological polar surface area (TPSA) is 103 Å². The fraction of sp³-hybridized carbons (Fsp3) is 0.154. The predicted molar refractivity (Wildman–Crippen MR) is 149 cm³/mol. The van der Waals surface area contributed by atoms with Gasteiger partial charge in [0.1, 0.15) is 6.04 Å². The van der Waals surface area contributed by atoms with E-state index < -0.39 is 23.3 Å². The molecule has 2 heterocycles. The molecule has 4 rings (SSSR count). The summed E-state index contributed by atoms with van der Waals surface area (Å²) in [5, 5.41) is 4.24. The molecule has 2 aromatic heterocycles. The first-order valence-electron chi connectivity index (χ1n) is 11.0. The van der Waals surface area contributed by atoms with E-state index >= 15 is 0 Å². The number of ether oxygens (including phenoxy) is 1. The van der Waals surface area contributed by atoms with Gasteiger partial charge in [0, 0.05) is 43.6 Å². The molecule has 8 nitrogen and oxygen atoms in total. The van der Waals surface area contributed by atoms with Gasteiger partial charge in [0.25, 0.3) is 5.56 Å². The first kappa shape index (κ1) is 27.7. The van der Waals surface area contributed by atoms with E-state index in [1.165, 1.54) is 26.3 Å². The average molecular weight is 595 g/mol. The zero-order chi connectivity index (χ0) is 27.7. The Morgan fingerprint density at radius 3 is 2.00 bits per heavy atom. The Labute approximate surface area is 236 Å². The molecule has 1 N–H and O–H groups in total. The summed E-state index contributed by atoms with van der Waals surface area (Å²) in [6.45, 7) is 3.03. The van der Waals surface area contributed by atoms with Gasteiger partial charge in [0.05, 0.1) is 7.11 Å². The van der Waals surface area contributed by atoms with Crippen molar-refractivity contribution in [2.24, 2.45) is 0 Å². The van der Waals surface area contributed by atoms with Crippen LogP contribution in [0, 0.1) is 0 Å². The number of hydrogen-bond donors (Lipinski definition) is 1. The first-order chi connectivity index (χ1) is 18.0. The highest BCUT2D eigenvalue weighted by Gasteiger charge is 2.24. The van der Waals surface area contributed by atoms with Crippen LogP contribution in [0.25, 0.3) is 16.7 Å². The fourth-order valence-corrected chi connectivity index (χ4v) is 5.03. The maximum absolute atomic E-state index is 13.3. The largest absolute Gasteiger partial charge is 0.493 e. The summed E-state index contributed by atoms with van der Waals surface area (Å²) in [5.41, 5.74) is 0.958. The quantitative estimate of drug-likeness (QED) is 0.288. The van der Waals surface area contributed by atoms with Gasteiger partial charge in [-0.2, -0.15) is 0 Å². The summed E-state index contributed by atoms with van der Waals surface area (Å²) in [5.74, 6) is -1.54. The monoisotopic (exact) mass is 593 g/mol. The smallest absolute Gasteiger partial charge is 0.423 e. The van der Waals surface area contributed by atoms with Crippen molar-refractivity contribution in [1.82, 2.24) is 14.9 Å². The molecule has 0 saturated heterocycles. The molecule has 4 aromatic rings. The Hall–Kier alpha value is -3.30. The number of benzene rings is 2. The van der Waals surface area contributed by atoms with E-state index in [-0.39, 0.29) is 16.8 Å². The fourth-order valence-electron chi connectivity index (χ4n) is 3.97. The van der Waals surface area contributed by atoms with Crippen molar-refractivity contribution >= 4 is 69.0 Å². The zero-order valence-electron chi connectivity index (χ0n) is 20.1. The molecule has 0 saturated carbocycles. The number of nitrogens with one attached hydrogen (secondary N) is 1. The van der Waals surface area contributed by atoms with Gasteiger partial charge >= 0.3 is 5.76 Å². The number of nitrogens with zero attached hydrogens (tertiary/aromatic N) is 2. The van der Waals surface area contributed by atoms with Crippen molar-refractivity contribution in [2.75, 3.05) is 7.11 Å². The van der Waals surface area contributed by atoms with Crippen LogP contribution in [0.4, 0.5) is 0 Å². The third kappa shape index (κ3) is 5.59. The van der Waals surface area contributed by atoms with Gasteiger partial charge in [-0.25, -0.2) is 14.3 Å². The van der Waals surface area contributed by atoms with E-state index in [0.717, 1.165) is 0 Å².